The van der Waals surface area contributed by atoms with E-state index in [2.05, 4.69) is 5.32 Å². The van der Waals surface area contributed by atoms with Gasteiger partial charge in [-0.1, -0.05) is 0 Å². The number of hydrogen-bond acceptors (Lipinski definition) is 3. The molecule has 3 amide bonds. The summed E-state index contributed by atoms with van der Waals surface area (Å²) in [6.07, 6.45) is 3.80. The number of carbonyl (C=O) groups is 3. The van der Waals surface area contributed by atoms with Crippen LogP contribution < -0.4 is 11.1 Å². The summed E-state index contributed by atoms with van der Waals surface area (Å²) < 4.78 is 0. The predicted octanol–water partition coefficient (Wildman–Crippen LogP) is -0.101. The third-order valence-corrected chi connectivity index (χ3v) is 3.40. The highest BCUT2D eigenvalue weighted by molar-refractivity contribution is 5.87. The van der Waals surface area contributed by atoms with E-state index in [1.165, 1.54) is 0 Å². The Morgan fingerprint density at radius 1 is 1.26 bits per heavy atom. The molecule has 0 aliphatic heterocycles. The van der Waals surface area contributed by atoms with Crippen LogP contribution in [0.2, 0.25) is 0 Å². The van der Waals surface area contributed by atoms with Crippen molar-refractivity contribution in [3.63, 3.8) is 0 Å². The summed E-state index contributed by atoms with van der Waals surface area (Å²) in [4.78, 5) is 35.6. The molecule has 7 heteroatoms. The normalized spacial score (nSPS) is 19.6. The van der Waals surface area contributed by atoms with E-state index in [4.69, 9.17) is 10.8 Å². The molecule has 2 rings (SSSR count). The van der Waals surface area contributed by atoms with Gasteiger partial charge in [-0.3, -0.25) is 4.79 Å². The molecule has 0 bridgehead atoms. The van der Waals surface area contributed by atoms with Crippen LogP contribution >= 0.6 is 0 Å². The number of carboxylic acid groups (broad SMARTS) is 1. The van der Waals surface area contributed by atoms with Crippen LogP contribution in [0.4, 0.5) is 4.79 Å². The van der Waals surface area contributed by atoms with Gasteiger partial charge in [0.25, 0.3) is 0 Å². The molecule has 2 aliphatic rings. The highest BCUT2D eigenvalue weighted by Gasteiger charge is 2.37. The topological polar surface area (TPSA) is 113 Å². The average molecular weight is 269 g/mol. The lowest BCUT2D eigenvalue weighted by Crippen LogP contribution is -2.50. The number of rotatable bonds is 7. The molecule has 0 saturated heterocycles. The Morgan fingerprint density at radius 3 is 2.32 bits per heavy atom. The molecule has 1 unspecified atom stereocenters. The minimum atomic E-state index is -1.24. The van der Waals surface area contributed by atoms with E-state index in [9.17, 15) is 14.4 Å². The Labute approximate surface area is 111 Å². The summed E-state index contributed by atoms with van der Waals surface area (Å²) in [7, 11) is 0. The maximum Gasteiger partial charge on any atom is 0.326 e. The van der Waals surface area contributed by atoms with Crippen molar-refractivity contribution in [2.24, 2.45) is 11.7 Å². The third kappa shape index (κ3) is 4.11. The van der Waals surface area contributed by atoms with Gasteiger partial charge >= 0.3 is 12.0 Å². The van der Waals surface area contributed by atoms with Gasteiger partial charge in [0.1, 0.15) is 6.04 Å². The standard InChI is InChI=1S/C12H19N3O4/c13-10(16)5-9(11(17)18)14-12(19)15(8-3-4-8)6-7-1-2-7/h7-9H,1-6H2,(H2,13,16)(H,14,19)(H,17,18). The van der Waals surface area contributed by atoms with Crippen LogP contribution in [0.3, 0.4) is 0 Å². The van der Waals surface area contributed by atoms with Gasteiger partial charge in [0.05, 0.1) is 6.42 Å². The van der Waals surface area contributed by atoms with E-state index in [1.54, 1.807) is 4.90 Å². The van der Waals surface area contributed by atoms with Gasteiger partial charge in [0.15, 0.2) is 0 Å². The van der Waals surface area contributed by atoms with Crippen LogP contribution in [0.15, 0.2) is 0 Å². The Kier molecular flexibility index (Phi) is 3.92. The van der Waals surface area contributed by atoms with Gasteiger partial charge < -0.3 is 21.1 Å². The molecular weight excluding hydrogens is 250 g/mol. The first-order valence-electron chi connectivity index (χ1n) is 6.55. The van der Waals surface area contributed by atoms with Crippen molar-refractivity contribution >= 4 is 17.9 Å². The largest absolute Gasteiger partial charge is 0.480 e. The molecule has 4 N–H and O–H groups in total. The van der Waals surface area contributed by atoms with Crippen LogP contribution in [-0.4, -0.2) is 46.5 Å². The minimum Gasteiger partial charge on any atom is -0.480 e. The van der Waals surface area contributed by atoms with Gasteiger partial charge in [0, 0.05) is 12.6 Å². The van der Waals surface area contributed by atoms with E-state index >= 15 is 0 Å². The molecule has 0 heterocycles. The molecule has 0 radical (unpaired) electrons. The number of primary amides is 1. The summed E-state index contributed by atoms with van der Waals surface area (Å²) in [6.45, 7) is 0.680. The minimum absolute atomic E-state index is 0.226. The van der Waals surface area contributed by atoms with E-state index in [1.807, 2.05) is 0 Å². The molecule has 0 aromatic carbocycles. The first-order valence-corrected chi connectivity index (χ1v) is 6.55. The summed E-state index contributed by atoms with van der Waals surface area (Å²) in [5.74, 6) is -1.44. The maximum atomic E-state index is 12.1. The first-order chi connectivity index (χ1) is 8.97. The van der Waals surface area contributed by atoms with Crippen molar-refractivity contribution in [3.8, 4) is 0 Å². The quantitative estimate of drug-likeness (QED) is 0.599. The Hall–Kier alpha value is -1.79. The molecule has 7 nitrogen and oxygen atoms in total. The Balaban J connectivity index is 1.91. The smallest absolute Gasteiger partial charge is 0.326 e. The second kappa shape index (κ2) is 5.46. The number of urea groups is 1. The van der Waals surface area contributed by atoms with Crippen LogP contribution in [0.5, 0.6) is 0 Å². The SMILES string of the molecule is NC(=O)CC(NC(=O)N(CC1CC1)C1CC1)C(=O)O. The summed E-state index contributed by atoms with van der Waals surface area (Å²) in [5, 5.41) is 11.3. The van der Waals surface area contributed by atoms with E-state index in [0.717, 1.165) is 25.7 Å². The van der Waals surface area contributed by atoms with Gasteiger partial charge in [-0.2, -0.15) is 0 Å². The third-order valence-electron chi connectivity index (χ3n) is 3.40. The lowest BCUT2D eigenvalue weighted by Gasteiger charge is -2.24. The molecule has 0 spiro atoms. The average Bonchev–Trinajstić information content (AvgIpc) is 3.16. The van der Waals surface area contributed by atoms with Crippen molar-refractivity contribution in [1.29, 1.82) is 0 Å². The number of carboxylic acids is 1. The number of nitrogens with zero attached hydrogens (tertiary/aromatic N) is 1. The van der Waals surface area contributed by atoms with E-state index in [0.29, 0.717) is 12.5 Å². The summed E-state index contributed by atoms with van der Waals surface area (Å²) in [5.41, 5.74) is 4.98. The highest BCUT2D eigenvalue weighted by atomic mass is 16.4. The van der Waals surface area contributed by atoms with Gasteiger partial charge in [0.2, 0.25) is 5.91 Å². The lowest BCUT2D eigenvalue weighted by atomic mass is 10.2. The number of nitrogens with one attached hydrogen (secondary N) is 1. The van der Waals surface area contributed by atoms with E-state index < -0.39 is 23.9 Å². The molecule has 2 saturated carbocycles. The molecule has 2 fully saturated rings. The predicted molar refractivity (Wildman–Crippen MR) is 66.2 cm³/mol. The highest BCUT2D eigenvalue weighted by Crippen LogP contribution is 2.34. The second-order valence-electron chi connectivity index (χ2n) is 5.34. The monoisotopic (exact) mass is 269 g/mol. The van der Waals surface area contributed by atoms with Crippen LogP contribution in [-0.2, 0) is 9.59 Å². The number of nitrogens with two attached hydrogens (primary N) is 1. The number of aliphatic carboxylic acids is 1. The summed E-state index contributed by atoms with van der Waals surface area (Å²) >= 11 is 0. The van der Waals surface area contributed by atoms with E-state index in [-0.39, 0.29) is 12.5 Å². The van der Waals surface area contributed by atoms with Crippen molar-refractivity contribution in [3.05, 3.63) is 0 Å². The van der Waals surface area contributed by atoms with Crippen LogP contribution in [0.1, 0.15) is 32.1 Å². The zero-order valence-corrected chi connectivity index (χ0v) is 10.7. The fourth-order valence-corrected chi connectivity index (χ4v) is 2.00. The molecule has 0 aromatic heterocycles. The molecule has 2 aliphatic carbocycles. The summed E-state index contributed by atoms with van der Waals surface area (Å²) in [6, 6.07) is -1.42. The van der Waals surface area contributed by atoms with Crippen LogP contribution in [0, 0.1) is 5.92 Å². The van der Waals surface area contributed by atoms with Crippen molar-refractivity contribution < 1.29 is 19.5 Å². The molecule has 0 aromatic rings. The molecule has 1 atom stereocenters. The zero-order valence-electron chi connectivity index (χ0n) is 10.7. The number of hydrogen-bond donors (Lipinski definition) is 3. The fraction of sp³-hybridized carbons (Fsp3) is 0.750. The lowest BCUT2D eigenvalue weighted by molar-refractivity contribution is -0.141. The van der Waals surface area contributed by atoms with Crippen molar-refractivity contribution in [2.75, 3.05) is 6.54 Å². The molecule has 106 valence electrons. The van der Waals surface area contributed by atoms with Crippen LogP contribution in [0.25, 0.3) is 0 Å². The zero-order chi connectivity index (χ0) is 14.0. The first kappa shape index (κ1) is 13.6. The molecular formula is C12H19N3O4. The second-order valence-corrected chi connectivity index (χ2v) is 5.34. The van der Waals surface area contributed by atoms with Gasteiger partial charge in [-0.05, 0) is 31.6 Å². The fourth-order valence-electron chi connectivity index (χ4n) is 2.00. The Morgan fingerprint density at radius 2 is 1.89 bits per heavy atom. The van der Waals surface area contributed by atoms with Crippen molar-refractivity contribution in [2.45, 2.75) is 44.2 Å². The number of carbonyl (C=O) groups excluding carboxylic acids is 2. The molecule has 19 heavy (non-hydrogen) atoms. The van der Waals surface area contributed by atoms with Gasteiger partial charge in [-0.15, -0.1) is 0 Å². The number of amides is 3. The Bertz CT molecular complexity index is 390. The maximum absolute atomic E-state index is 12.1. The van der Waals surface area contributed by atoms with Gasteiger partial charge in [-0.25, -0.2) is 9.59 Å². The van der Waals surface area contributed by atoms with Crippen molar-refractivity contribution in [1.82, 2.24) is 10.2 Å².